The Morgan fingerprint density at radius 3 is 2.33 bits per heavy atom. The molecule has 0 aliphatic carbocycles. The lowest BCUT2D eigenvalue weighted by atomic mass is 10.1. The van der Waals surface area contributed by atoms with Crippen molar-refractivity contribution < 1.29 is 14.3 Å². The zero-order chi connectivity index (χ0) is 19.2. The number of ether oxygens (including phenoxy) is 2. The fourth-order valence-electron chi connectivity index (χ4n) is 3.24. The quantitative estimate of drug-likeness (QED) is 0.628. The molecule has 2 aromatic rings. The Hall–Kier alpha value is -3.02. The van der Waals surface area contributed by atoms with E-state index in [2.05, 4.69) is 34.5 Å². The Bertz CT molecular complexity index is 820. The summed E-state index contributed by atoms with van der Waals surface area (Å²) in [6.07, 6.45) is 4.16. The molecule has 1 heterocycles. The Balaban J connectivity index is 1.66. The maximum absolute atomic E-state index is 12.3. The molecule has 1 saturated heterocycles. The third kappa shape index (κ3) is 4.58. The van der Waals surface area contributed by atoms with Gasteiger partial charge in [-0.3, -0.25) is 4.79 Å². The van der Waals surface area contributed by atoms with Crippen LogP contribution in [0, 0.1) is 6.92 Å². The van der Waals surface area contributed by atoms with Crippen molar-refractivity contribution in [1.29, 1.82) is 0 Å². The van der Waals surface area contributed by atoms with E-state index in [0.717, 1.165) is 18.7 Å². The second kappa shape index (κ2) is 8.58. The van der Waals surface area contributed by atoms with Crippen molar-refractivity contribution in [2.75, 3.05) is 32.2 Å². The molecule has 0 unspecified atom stereocenters. The van der Waals surface area contributed by atoms with E-state index in [4.69, 9.17) is 9.47 Å². The number of anilines is 1. The smallest absolute Gasteiger partial charge is 0.271 e. The first kappa shape index (κ1) is 18.8. The molecule has 0 spiro atoms. The molecule has 2 aromatic carbocycles. The summed E-state index contributed by atoms with van der Waals surface area (Å²) < 4.78 is 10.4. The minimum absolute atomic E-state index is 0.325. The van der Waals surface area contributed by atoms with Crippen molar-refractivity contribution >= 4 is 17.8 Å². The number of rotatable bonds is 6. The molecule has 1 amide bonds. The Morgan fingerprint density at radius 1 is 1.07 bits per heavy atom. The number of hydrogen-bond donors (Lipinski definition) is 1. The summed E-state index contributed by atoms with van der Waals surface area (Å²) in [7, 11) is 3.09. The lowest BCUT2D eigenvalue weighted by molar-refractivity contribution is 0.0954. The fraction of sp³-hybridized carbons (Fsp3) is 0.333. The lowest BCUT2D eigenvalue weighted by Gasteiger charge is -2.20. The molecule has 0 aromatic heterocycles. The first-order valence-electron chi connectivity index (χ1n) is 9.03. The third-order valence-corrected chi connectivity index (χ3v) is 4.66. The first-order chi connectivity index (χ1) is 13.1. The van der Waals surface area contributed by atoms with Crippen molar-refractivity contribution in [3.63, 3.8) is 0 Å². The van der Waals surface area contributed by atoms with Crippen LogP contribution >= 0.6 is 0 Å². The molecular weight excluding hydrogens is 342 g/mol. The molecule has 0 atom stereocenters. The van der Waals surface area contributed by atoms with Crippen LogP contribution in [0.15, 0.2) is 41.5 Å². The van der Waals surface area contributed by atoms with Crippen molar-refractivity contribution in [3.8, 4) is 11.5 Å². The van der Waals surface area contributed by atoms with E-state index in [-0.39, 0.29) is 5.91 Å². The standard InChI is InChI=1S/C21H25N3O3/c1-15-10-16(6-7-20(15)24-8-4-5-9-24)14-22-23-21(25)17-11-18(26-2)13-19(12-17)27-3/h6-7,10-14H,4-5,8-9H2,1-3H3,(H,23,25). The van der Waals surface area contributed by atoms with Gasteiger partial charge < -0.3 is 14.4 Å². The van der Waals surface area contributed by atoms with E-state index < -0.39 is 0 Å². The van der Waals surface area contributed by atoms with Crippen molar-refractivity contribution in [2.24, 2.45) is 5.10 Å². The van der Waals surface area contributed by atoms with Gasteiger partial charge in [-0.15, -0.1) is 0 Å². The highest BCUT2D eigenvalue weighted by Gasteiger charge is 2.14. The molecule has 1 fully saturated rings. The van der Waals surface area contributed by atoms with Crippen LogP contribution in [0.3, 0.4) is 0 Å². The predicted molar refractivity (Wildman–Crippen MR) is 107 cm³/mol. The summed E-state index contributed by atoms with van der Waals surface area (Å²) in [6.45, 7) is 4.34. The van der Waals surface area contributed by atoms with Crippen LogP contribution in [0.1, 0.15) is 34.3 Å². The van der Waals surface area contributed by atoms with Crippen LogP contribution in [-0.2, 0) is 0 Å². The first-order valence-corrected chi connectivity index (χ1v) is 9.03. The SMILES string of the molecule is COc1cc(OC)cc(C(=O)NN=Cc2ccc(N3CCCC3)c(C)c2)c1. The monoisotopic (exact) mass is 367 g/mol. The van der Waals surface area contributed by atoms with E-state index in [1.807, 2.05) is 6.07 Å². The summed E-state index contributed by atoms with van der Waals surface area (Å²) in [4.78, 5) is 14.7. The average Bonchev–Trinajstić information content (AvgIpc) is 3.22. The molecule has 6 nitrogen and oxygen atoms in total. The second-order valence-corrected chi connectivity index (χ2v) is 6.54. The number of carbonyl (C=O) groups is 1. The average molecular weight is 367 g/mol. The van der Waals surface area contributed by atoms with Gasteiger partial charge in [0.25, 0.3) is 5.91 Å². The minimum Gasteiger partial charge on any atom is -0.497 e. The molecule has 6 heteroatoms. The van der Waals surface area contributed by atoms with Crippen LogP contribution in [0.25, 0.3) is 0 Å². The number of methoxy groups -OCH3 is 2. The summed E-state index contributed by atoms with van der Waals surface area (Å²) in [5.74, 6) is 0.780. The van der Waals surface area contributed by atoms with Gasteiger partial charge >= 0.3 is 0 Å². The lowest BCUT2D eigenvalue weighted by Crippen LogP contribution is -2.19. The largest absolute Gasteiger partial charge is 0.497 e. The maximum atomic E-state index is 12.3. The van der Waals surface area contributed by atoms with Gasteiger partial charge in [0.05, 0.1) is 20.4 Å². The zero-order valence-corrected chi connectivity index (χ0v) is 16.0. The molecule has 142 valence electrons. The number of nitrogens with zero attached hydrogens (tertiary/aromatic N) is 2. The highest BCUT2D eigenvalue weighted by molar-refractivity contribution is 5.95. The molecular formula is C21H25N3O3. The van der Waals surface area contributed by atoms with Gasteiger partial charge in [-0.05, 0) is 55.2 Å². The molecule has 1 aliphatic rings. The minimum atomic E-state index is -0.325. The van der Waals surface area contributed by atoms with Gasteiger partial charge in [0.15, 0.2) is 0 Å². The molecule has 27 heavy (non-hydrogen) atoms. The van der Waals surface area contributed by atoms with Gasteiger partial charge in [0.1, 0.15) is 11.5 Å². The summed E-state index contributed by atoms with van der Waals surface area (Å²) in [6, 6.07) is 11.2. The highest BCUT2D eigenvalue weighted by atomic mass is 16.5. The van der Waals surface area contributed by atoms with E-state index in [9.17, 15) is 4.79 Å². The topological polar surface area (TPSA) is 63.2 Å². The van der Waals surface area contributed by atoms with E-state index in [1.165, 1.54) is 24.1 Å². The number of nitrogens with one attached hydrogen (secondary N) is 1. The van der Waals surface area contributed by atoms with Gasteiger partial charge in [-0.25, -0.2) is 5.43 Å². The molecule has 1 N–H and O–H groups in total. The third-order valence-electron chi connectivity index (χ3n) is 4.66. The van der Waals surface area contributed by atoms with Crippen LogP contribution in [-0.4, -0.2) is 39.4 Å². The van der Waals surface area contributed by atoms with E-state index in [0.29, 0.717) is 17.1 Å². The fourth-order valence-corrected chi connectivity index (χ4v) is 3.24. The Kier molecular flexibility index (Phi) is 5.96. The number of hydrogen-bond acceptors (Lipinski definition) is 5. The van der Waals surface area contributed by atoms with Gasteiger partial charge in [0, 0.05) is 30.4 Å². The normalized spacial score (nSPS) is 13.8. The Morgan fingerprint density at radius 2 is 1.74 bits per heavy atom. The summed E-state index contributed by atoms with van der Waals surface area (Å²) >= 11 is 0. The van der Waals surface area contributed by atoms with Gasteiger partial charge in [0.2, 0.25) is 0 Å². The second-order valence-electron chi connectivity index (χ2n) is 6.54. The maximum Gasteiger partial charge on any atom is 0.271 e. The number of amides is 1. The van der Waals surface area contributed by atoms with Crippen molar-refractivity contribution in [3.05, 3.63) is 53.1 Å². The zero-order valence-electron chi connectivity index (χ0n) is 16.0. The van der Waals surface area contributed by atoms with Crippen molar-refractivity contribution in [1.82, 2.24) is 5.43 Å². The Labute approximate surface area is 159 Å². The summed E-state index contributed by atoms with van der Waals surface area (Å²) in [5.41, 5.74) is 6.40. The van der Waals surface area contributed by atoms with E-state index >= 15 is 0 Å². The van der Waals surface area contributed by atoms with Gasteiger partial charge in [-0.2, -0.15) is 5.10 Å². The number of carbonyl (C=O) groups excluding carboxylic acids is 1. The van der Waals surface area contributed by atoms with E-state index in [1.54, 1.807) is 38.6 Å². The molecule has 3 rings (SSSR count). The molecule has 1 aliphatic heterocycles. The molecule has 0 radical (unpaired) electrons. The summed E-state index contributed by atoms with van der Waals surface area (Å²) in [5, 5.41) is 4.08. The van der Waals surface area contributed by atoms with Gasteiger partial charge in [-0.1, -0.05) is 6.07 Å². The van der Waals surface area contributed by atoms with Crippen LogP contribution in [0.5, 0.6) is 11.5 Å². The molecule has 0 saturated carbocycles. The van der Waals surface area contributed by atoms with Crippen molar-refractivity contribution in [2.45, 2.75) is 19.8 Å². The van der Waals surface area contributed by atoms with Crippen LogP contribution in [0.2, 0.25) is 0 Å². The highest BCUT2D eigenvalue weighted by Crippen LogP contribution is 2.25. The van der Waals surface area contributed by atoms with Crippen LogP contribution < -0.4 is 19.8 Å². The number of aryl methyl sites for hydroxylation is 1. The molecule has 0 bridgehead atoms. The van der Waals surface area contributed by atoms with Crippen LogP contribution in [0.4, 0.5) is 5.69 Å². The number of hydrazone groups is 1. The number of benzene rings is 2. The predicted octanol–water partition coefficient (Wildman–Crippen LogP) is 3.38.